The van der Waals surface area contributed by atoms with Crippen LogP contribution in [-0.2, 0) is 13.6 Å². The van der Waals surface area contributed by atoms with E-state index in [2.05, 4.69) is 10.4 Å². The summed E-state index contributed by atoms with van der Waals surface area (Å²) in [4.78, 5) is 33.9. The van der Waals surface area contributed by atoms with Crippen LogP contribution in [0.1, 0.15) is 26.4 Å². The lowest BCUT2D eigenvalue weighted by Gasteiger charge is -2.06. The minimum Gasteiger partial charge on any atom is -0.478 e. The fraction of sp³-hybridized carbons (Fsp3) is 0.143. The van der Waals surface area contributed by atoms with Crippen molar-refractivity contribution in [2.75, 3.05) is 0 Å². The van der Waals surface area contributed by atoms with Gasteiger partial charge in [-0.25, -0.2) is 9.48 Å². The Morgan fingerprint density at radius 1 is 1.29 bits per heavy atom. The van der Waals surface area contributed by atoms with E-state index in [9.17, 15) is 14.4 Å². The fourth-order valence-corrected chi connectivity index (χ4v) is 1.71. The molecule has 0 aliphatic heterocycles. The minimum absolute atomic E-state index is 0.117. The quantitative estimate of drug-likeness (QED) is 0.848. The Balaban J connectivity index is 2.07. The molecule has 7 nitrogen and oxygen atoms in total. The smallest absolute Gasteiger partial charge is 0.335 e. The molecule has 0 radical (unpaired) electrons. The summed E-state index contributed by atoms with van der Waals surface area (Å²) < 4.78 is 1.07. The standard InChI is InChI=1S/C14H13N3O4/c1-17-12(18)6-5-11(16-17)13(19)15-8-9-3-2-4-10(7-9)14(20)21/h2-7H,8H2,1H3,(H,15,19)(H,20,21). The van der Waals surface area contributed by atoms with Gasteiger partial charge in [0, 0.05) is 19.7 Å². The molecule has 0 aliphatic rings. The van der Waals surface area contributed by atoms with Gasteiger partial charge in [-0.1, -0.05) is 12.1 Å². The highest BCUT2D eigenvalue weighted by atomic mass is 16.4. The molecule has 0 spiro atoms. The van der Waals surface area contributed by atoms with Crippen LogP contribution >= 0.6 is 0 Å². The van der Waals surface area contributed by atoms with Gasteiger partial charge < -0.3 is 10.4 Å². The average Bonchev–Trinajstić information content (AvgIpc) is 2.48. The van der Waals surface area contributed by atoms with Crippen molar-refractivity contribution in [3.05, 3.63) is 63.6 Å². The molecule has 108 valence electrons. The number of carboxylic acids is 1. The number of benzene rings is 1. The van der Waals surface area contributed by atoms with E-state index in [1.807, 2.05) is 0 Å². The Morgan fingerprint density at radius 3 is 2.71 bits per heavy atom. The van der Waals surface area contributed by atoms with Crippen molar-refractivity contribution in [3.8, 4) is 0 Å². The molecule has 0 unspecified atom stereocenters. The molecule has 0 atom stereocenters. The molecule has 1 aromatic carbocycles. The van der Waals surface area contributed by atoms with E-state index in [0.717, 1.165) is 4.68 Å². The van der Waals surface area contributed by atoms with Crippen LogP contribution in [0.15, 0.2) is 41.2 Å². The van der Waals surface area contributed by atoms with Gasteiger partial charge in [-0.05, 0) is 23.8 Å². The first-order chi connectivity index (χ1) is 9.97. The van der Waals surface area contributed by atoms with Crippen LogP contribution in [0.5, 0.6) is 0 Å². The maximum Gasteiger partial charge on any atom is 0.335 e. The average molecular weight is 287 g/mol. The maximum absolute atomic E-state index is 11.9. The molecule has 21 heavy (non-hydrogen) atoms. The third-order valence-corrected chi connectivity index (χ3v) is 2.82. The zero-order valence-corrected chi connectivity index (χ0v) is 11.2. The molecule has 2 aromatic rings. The van der Waals surface area contributed by atoms with Crippen molar-refractivity contribution in [2.45, 2.75) is 6.54 Å². The number of aryl methyl sites for hydroxylation is 1. The SMILES string of the molecule is Cn1nc(C(=O)NCc2cccc(C(=O)O)c2)ccc1=O. The number of nitrogens with zero attached hydrogens (tertiary/aromatic N) is 2. The second kappa shape index (κ2) is 6.00. The monoisotopic (exact) mass is 287 g/mol. The van der Waals surface area contributed by atoms with Crippen LogP contribution in [0.2, 0.25) is 0 Å². The van der Waals surface area contributed by atoms with E-state index in [0.29, 0.717) is 5.56 Å². The summed E-state index contributed by atoms with van der Waals surface area (Å²) in [6.07, 6.45) is 0. The van der Waals surface area contributed by atoms with Gasteiger partial charge in [-0.15, -0.1) is 0 Å². The first-order valence-electron chi connectivity index (χ1n) is 6.12. The number of carbonyl (C=O) groups is 2. The van der Waals surface area contributed by atoms with Gasteiger partial charge in [0.15, 0.2) is 0 Å². The predicted molar refractivity (Wildman–Crippen MR) is 74.0 cm³/mol. The van der Waals surface area contributed by atoms with E-state index in [-0.39, 0.29) is 23.4 Å². The second-order valence-electron chi connectivity index (χ2n) is 4.37. The summed E-state index contributed by atoms with van der Waals surface area (Å²) in [5.74, 6) is -1.46. The summed E-state index contributed by atoms with van der Waals surface area (Å²) in [5.41, 5.74) is 0.627. The summed E-state index contributed by atoms with van der Waals surface area (Å²) in [5, 5.41) is 15.3. The number of nitrogens with one attached hydrogen (secondary N) is 1. The van der Waals surface area contributed by atoms with Gasteiger partial charge in [-0.2, -0.15) is 5.10 Å². The number of carbonyl (C=O) groups excluding carboxylic acids is 1. The van der Waals surface area contributed by atoms with E-state index >= 15 is 0 Å². The topological polar surface area (TPSA) is 101 Å². The van der Waals surface area contributed by atoms with Crippen LogP contribution in [0, 0.1) is 0 Å². The molecular formula is C14H13N3O4. The largest absolute Gasteiger partial charge is 0.478 e. The van der Waals surface area contributed by atoms with Gasteiger partial charge in [0.2, 0.25) is 0 Å². The molecule has 7 heteroatoms. The highest BCUT2D eigenvalue weighted by Gasteiger charge is 2.09. The summed E-state index contributed by atoms with van der Waals surface area (Å²) in [6, 6.07) is 8.87. The van der Waals surface area contributed by atoms with Crippen LogP contribution in [0.4, 0.5) is 0 Å². The Kier molecular flexibility index (Phi) is 4.13. The van der Waals surface area contributed by atoms with Gasteiger partial charge in [-0.3, -0.25) is 9.59 Å². The number of rotatable bonds is 4. The molecule has 1 amide bonds. The number of carboxylic acid groups (broad SMARTS) is 1. The Labute approximate surface area is 119 Å². The van der Waals surface area contributed by atoms with Crippen molar-refractivity contribution in [2.24, 2.45) is 7.05 Å². The molecule has 0 aliphatic carbocycles. The third kappa shape index (κ3) is 3.53. The predicted octanol–water partition coefficient (Wildman–Crippen LogP) is 0.408. The number of hydrogen-bond acceptors (Lipinski definition) is 4. The summed E-state index contributed by atoms with van der Waals surface area (Å²) in [7, 11) is 1.45. The molecular weight excluding hydrogens is 274 g/mol. The molecule has 1 aromatic heterocycles. The summed E-state index contributed by atoms with van der Waals surface area (Å²) in [6.45, 7) is 0.171. The summed E-state index contributed by atoms with van der Waals surface area (Å²) >= 11 is 0. The van der Waals surface area contributed by atoms with Crippen molar-refractivity contribution in [1.29, 1.82) is 0 Å². The van der Waals surface area contributed by atoms with Crippen LogP contribution < -0.4 is 10.9 Å². The highest BCUT2D eigenvalue weighted by Crippen LogP contribution is 2.05. The first-order valence-corrected chi connectivity index (χ1v) is 6.12. The first kappa shape index (κ1) is 14.4. The number of aromatic nitrogens is 2. The molecule has 0 bridgehead atoms. The second-order valence-corrected chi connectivity index (χ2v) is 4.37. The van der Waals surface area contributed by atoms with E-state index in [1.54, 1.807) is 12.1 Å². The van der Waals surface area contributed by atoms with Crippen molar-refractivity contribution in [3.63, 3.8) is 0 Å². The lowest BCUT2D eigenvalue weighted by Crippen LogP contribution is -2.28. The van der Waals surface area contributed by atoms with Gasteiger partial charge in [0.25, 0.3) is 11.5 Å². The fourth-order valence-electron chi connectivity index (χ4n) is 1.71. The number of aromatic carboxylic acids is 1. The molecule has 0 saturated heterocycles. The minimum atomic E-state index is -1.03. The zero-order valence-electron chi connectivity index (χ0n) is 11.2. The molecule has 2 rings (SSSR count). The van der Waals surface area contributed by atoms with Crippen LogP contribution in [-0.4, -0.2) is 26.8 Å². The lowest BCUT2D eigenvalue weighted by atomic mass is 10.1. The van der Waals surface area contributed by atoms with Gasteiger partial charge >= 0.3 is 5.97 Å². The van der Waals surface area contributed by atoms with Crippen molar-refractivity contribution >= 4 is 11.9 Å². The maximum atomic E-state index is 11.9. The molecule has 1 heterocycles. The number of amides is 1. The number of hydrogen-bond donors (Lipinski definition) is 2. The molecule has 0 fully saturated rings. The molecule has 2 N–H and O–H groups in total. The van der Waals surface area contributed by atoms with Crippen molar-refractivity contribution in [1.82, 2.24) is 15.1 Å². The van der Waals surface area contributed by atoms with Gasteiger partial charge in [0.05, 0.1) is 5.56 Å². The Hall–Kier alpha value is -2.96. The van der Waals surface area contributed by atoms with E-state index in [4.69, 9.17) is 5.11 Å². The van der Waals surface area contributed by atoms with Crippen molar-refractivity contribution < 1.29 is 14.7 Å². The third-order valence-electron chi connectivity index (χ3n) is 2.82. The Bertz CT molecular complexity index is 752. The highest BCUT2D eigenvalue weighted by molar-refractivity contribution is 5.92. The Morgan fingerprint density at radius 2 is 2.05 bits per heavy atom. The molecule has 0 saturated carbocycles. The van der Waals surface area contributed by atoms with E-state index in [1.165, 1.54) is 31.3 Å². The zero-order chi connectivity index (χ0) is 15.4. The normalized spacial score (nSPS) is 10.1. The van der Waals surface area contributed by atoms with E-state index < -0.39 is 11.9 Å². The lowest BCUT2D eigenvalue weighted by molar-refractivity contribution is 0.0696. The van der Waals surface area contributed by atoms with Gasteiger partial charge in [0.1, 0.15) is 5.69 Å². The van der Waals surface area contributed by atoms with Crippen LogP contribution in [0.25, 0.3) is 0 Å². The van der Waals surface area contributed by atoms with Crippen LogP contribution in [0.3, 0.4) is 0 Å².